The van der Waals surface area contributed by atoms with E-state index in [1.165, 1.54) is 0 Å². The van der Waals surface area contributed by atoms with Gasteiger partial charge in [-0.2, -0.15) is 0 Å². The van der Waals surface area contributed by atoms with E-state index in [1.807, 2.05) is 6.92 Å². The molecule has 0 radical (unpaired) electrons. The monoisotopic (exact) mass is 144 g/mol. The van der Waals surface area contributed by atoms with Crippen LogP contribution in [0.2, 0.25) is 0 Å². The summed E-state index contributed by atoms with van der Waals surface area (Å²) in [5.74, 6) is 0. The Hall–Kier alpha value is -0.120. The highest BCUT2D eigenvalue weighted by atomic mass is 16.5. The SMILES string of the molecule is CC(N)CC1CCNCO1. The van der Waals surface area contributed by atoms with Crippen molar-refractivity contribution in [1.82, 2.24) is 5.32 Å². The van der Waals surface area contributed by atoms with E-state index >= 15 is 0 Å². The molecule has 1 aliphatic rings. The van der Waals surface area contributed by atoms with Crippen molar-refractivity contribution in [3.8, 4) is 0 Å². The number of ether oxygens (including phenoxy) is 1. The first-order valence-electron chi connectivity index (χ1n) is 3.87. The second-order valence-electron chi connectivity index (χ2n) is 2.93. The molecule has 3 nitrogen and oxygen atoms in total. The van der Waals surface area contributed by atoms with Crippen LogP contribution < -0.4 is 11.1 Å². The van der Waals surface area contributed by atoms with E-state index in [2.05, 4.69) is 5.32 Å². The van der Waals surface area contributed by atoms with Crippen molar-refractivity contribution < 1.29 is 4.74 Å². The summed E-state index contributed by atoms with van der Waals surface area (Å²) in [6.45, 7) is 3.78. The normalized spacial score (nSPS) is 30.0. The maximum absolute atomic E-state index is 5.62. The average molecular weight is 144 g/mol. The van der Waals surface area contributed by atoms with Crippen molar-refractivity contribution in [3.05, 3.63) is 0 Å². The van der Waals surface area contributed by atoms with Crippen LogP contribution in [0.5, 0.6) is 0 Å². The molecule has 0 aromatic carbocycles. The van der Waals surface area contributed by atoms with Crippen LogP contribution in [0.15, 0.2) is 0 Å². The first kappa shape index (κ1) is 7.98. The number of nitrogens with two attached hydrogens (primary N) is 1. The fraction of sp³-hybridized carbons (Fsp3) is 1.00. The predicted molar refractivity (Wildman–Crippen MR) is 40.6 cm³/mol. The summed E-state index contributed by atoms with van der Waals surface area (Å²) in [5, 5.41) is 3.12. The van der Waals surface area contributed by atoms with Crippen molar-refractivity contribution in [2.24, 2.45) is 5.73 Å². The Balaban J connectivity index is 2.13. The first-order valence-corrected chi connectivity index (χ1v) is 3.87. The van der Waals surface area contributed by atoms with Gasteiger partial charge in [0.05, 0.1) is 12.8 Å². The summed E-state index contributed by atoms with van der Waals surface area (Å²) in [4.78, 5) is 0. The molecule has 0 aliphatic carbocycles. The fourth-order valence-corrected chi connectivity index (χ4v) is 1.20. The van der Waals surface area contributed by atoms with Gasteiger partial charge in [-0.1, -0.05) is 0 Å². The average Bonchev–Trinajstić information content (AvgIpc) is 1.88. The van der Waals surface area contributed by atoms with Crippen LogP contribution in [0.1, 0.15) is 19.8 Å². The maximum Gasteiger partial charge on any atom is 0.0969 e. The Kier molecular flexibility index (Phi) is 3.12. The van der Waals surface area contributed by atoms with Crippen LogP contribution in [-0.4, -0.2) is 25.4 Å². The number of hydrogen-bond acceptors (Lipinski definition) is 3. The van der Waals surface area contributed by atoms with E-state index in [1.54, 1.807) is 0 Å². The van der Waals surface area contributed by atoms with Gasteiger partial charge in [0.25, 0.3) is 0 Å². The molecule has 1 heterocycles. The van der Waals surface area contributed by atoms with Crippen LogP contribution in [0, 0.1) is 0 Å². The minimum absolute atomic E-state index is 0.267. The summed E-state index contributed by atoms with van der Waals surface area (Å²) in [6, 6.07) is 0.267. The minimum atomic E-state index is 0.267. The van der Waals surface area contributed by atoms with E-state index in [0.717, 1.165) is 19.4 Å². The van der Waals surface area contributed by atoms with Gasteiger partial charge >= 0.3 is 0 Å². The summed E-state index contributed by atoms with van der Waals surface area (Å²) in [5.41, 5.74) is 5.62. The Morgan fingerprint density at radius 3 is 3.10 bits per heavy atom. The van der Waals surface area contributed by atoms with E-state index in [9.17, 15) is 0 Å². The van der Waals surface area contributed by atoms with Crippen LogP contribution >= 0.6 is 0 Å². The third-order valence-electron chi connectivity index (χ3n) is 1.70. The number of hydrogen-bond donors (Lipinski definition) is 2. The van der Waals surface area contributed by atoms with Gasteiger partial charge in [-0.05, 0) is 26.3 Å². The topological polar surface area (TPSA) is 47.3 Å². The number of rotatable bonds is 2. The molecule has 0 aromatic rings. The molecule has 3 N–H and O–H groups in total. The van der Waals surface area contributed by atoms with E-state index in [0.29, 0.717) is 12.8 Å². The lowest BCUT2D eigenvalue weighted by atomic mass is 10.1. The van der Waals surface area contributed by atoms with Gasteiger partial charge in [0.2, 0.25) is 0 Å². The summed E-state index contributed by atoms with van der Waals surface area (Å²) in [6.07, 6.45) is 2.48. The van der Waals surface area contributed by atoms with Gasteiger partial charge in [-0.15, -0.1) is 0 Å². The molecule has 10 heavy (non-hydrogen) atoms. The highest BCUT2D eigenvalue weighted by Crippen LogP contribution is 2.07. The molecular formula is C7H16N2O. The molecule has 2 unspecified atom stereocenters. The van der Waals surface area contributed by atoms with Gasteiger partial charge in [0, 0.05) is 6.04 Å². The summed E-state index contributed by atoms with van der Waals surface area (Å²) < 4.78 is 5.40. The zero-order chi connectivity index (χ0) is 7.40. The van der Waals surface area contributed by atoms with E-state index in [-0.39, 0.29) is 6.04 Å². The molecule has 1 saturated heterocycles. The molecule has 60 valence electrons. The highest BCUT2D eigenvalue weighted by Gasteiger charge is 2.14. The molecule has 2 atom stereocenters. The molecule has 1 fully saturated rings. The van der Waals surface area contributed by atoms with Gasteiger partial charge in [0.1, 0.15) is 0 Å². The zero-order valence-electron chi connectivity index (χ0n) is 6.47. The van der Waals surface area contributed by atoms with Crippen LogP contribution in [-0.2, 0) is 4.74 Å². The van der Waals surface area contributed by atoms with Gasteiger partial charge in [-0.25, -0.2) is 0 Å². The second kappa shape index (κ2) is 3.91. The predicted octanol–water partition coefficient (Wildman–Crippen LogP) is 0.0597. The molecule has 0 amide bonds. The van der Waals surface area contributed by atoms with Crippen LogP contribution in [0.25, 0.3) is 0 Å². The van der Waals surface area contributed by atoms with Gasteiger partial charge in [0.15, 0.2) is 0 Å². The van der Waals surface area contributed by atoms with Crippen molar-refractivity contribution in [3.63, 3.8) is 0 Å². The Bertz CT molecular complexity index is 89.6. The van der Waals surface area contributed by atoms with Crippen LogP contribution in [0.3, 0.4) is 0 Å². The number of nitrogens with one attached hydrogen (secondary N) is 1. The maximum atomic E-state index is 5.62. The van der Waals surface area contributed by atoms with Crippen molar-refractivity contribution in [1.29, 1.82) is 0 Å². The lowest BCUT2D eigenvalue weighted by molar-refractivity contribution is 0.0000960. The molecule has 0 saturated carbocycles. The van der Waals surface area contributed by atoms with E-state index in [4.69, 9.17) is 10.5 Å². The largest absolute Gasteiger partial charge is 0.363 e. The Labute approximate surface area is 61.9 Å². The summed E-state index contributed by atoms with van der Waals surface area (Å²) in [7, 11) is 0. The van der Waals surface area contributed by atoms with Crippen molar-refractivity contribution in [2.45, 2.75) is 31.9 Å². The highest BCUT2D eigenvalue weighted by molar-refractivity contribution is 4.68. The van der Waals surface area contributed by atoms with Gasteiger partial charge < -0.3 is 10.5 Å². The molecule has 1 rings (SSSR count). The molecule has 0 bridgehead atoms. The molecule has 0 aromatic heterocycles. The summed E-state index contributed by atoms with van der Waals surface area (Å²) >= 11 is 0. The third-order valence-corrected chi connectivity index (χ3v) is 1.70. The van der Waals surface area contributed by atoms with Crippen molar-refractivity contribution in [2.75, 3.05) is 13.3 Å². The lowest BCUT2D eigenvalue weighted by Crippen LogP contribution is -2.36. The van der Waals surface area contributed by atoms with Crippen LogP contribution in [0.4, 0.5) is 0 Å². The second-order valence-corrected chi connectivity index (χ2v) is 2.93. The lowest BCUT2D eigenvalue weighted by Gasteiger charge is -2.24. The zero-order valence-corrected chi connectivity index (χ0v) is 6.47. The quantitative estimate of drug-likeness (QED) is 0.576. The first-order chi connectivity index (χ1) is 4.79. The fourth-order valence-electron chi connectivity index (χ4n) is 1.20. The molecule has 1 aliphatic heterocycles. The third kappa shape index (κ3) is 2.64. The smallest absolute Gasteiger partial charge is 0.0969 e. The van der Waals surface area contributed by atoms with Crippen molar-refractivity contribution >= 4 is 0 Å². The van der Waals surface area contributed by atoms with Gasteiger partial charge in [-0.3, -0.25) is 5.32 Å². The standard InChI is InChI=1S/C7H16N2O/c1-6(8)4-7-2-3-9-5-10-7/h6-7,9H,2-5,8H2,1H3. The molecule has 0 spiro atoms. The minimum Gasteiger partial charge on any atom is -0.363 e. The molecular weight excluding hydrogens is 128 g/mol. The van der Waals surface area contributed by atoms with E-state index < -0.39 is 0 Å². The Morgan fingerprint density at radius 2 is 2.60 bits per heavy atom. The molecule has 3 heteroatoms. The Morgan fingerprint density at radius 1 is 1.80 bits per heavy atom.